The number of amides is 1. The van der Waals surface area contributed by atoms with E-state index in [0.717, 1.165) is 37.8 Å². The number of aromatic hydroxyl groups is 1. The normalized spacial score (nSPS) is 24.3. The van der Waals surface area contributed by atoms with E-state index in [1.54, 1.807) is 35.0 Å². The molecule has 8 rings (SSSR count). The van der Waals surface area contributed by atoms with Gasteiger partial charge >= 0.3 is 0 Å². The molecule has 10 nitrogen and oxygen atoms in total. The van der Waals surface area contributed by atoms with Crippen molar-refractivity contribution in [1.82, 2.24) is 24.5 Å². The number of anilines is 2. The zero-order valence-corrected chi connectivity index (χ0v) is 26.6. The summed E-state index contributed by atoms with van der Waals surface area (Å²) in [6.07, 6.45) is 9.66. The molecule has 13 heteroatoms. The first kappa shape index (κ1) is 29.1. The molecule has 2 spiro atoms. The zero-order chi connectivity index (χ0) is 31.2. The van der Waals surface area contributed by atoms with Gasteiger partial charge in [-0.15, -0.1) is 5.10 Å². The molecule has 2 aliphatic heterocycles. The van der Waals surface area contributed by atoms with Crippen molar-refractivity contribution < 1.29 is 14.6 Å². The molecule has 1 atom stereocenters. The Kier molecular flexibility index (Phi) is 6.51. The second-order valence-electron chi connectivity index (χ2n) is 14.4. The van der Waals surface area contributed by atoms with Crippen LogP contribution in [0, 0.1) is 22.7 Å². The monoisotopic (exact) mass is 621 g/mol. The molecule has 3 aromatic heterocycles. The number of carbonyl (C=O) groups excluding carboxylic acids is 1. The number of carbonyl (C=O) groups is 1. The van der Waals surface area contributed by atoms with Gasteiger partial charge in [0, 0.05) is 42.8 Å². The molecule has 1 saturated heterocycles. The van der Waals surface area contributed by atoms with Crippen molar-refractivity contribution in [3.05, 3.63) is 42.1 Å². The number of aromatic nitrogens is 4. The van der Waals surface area contributed by atoms with Crippen molar-refractivity contribution in [2.45, 2.75) is 74.6 Å². The summed E-state index contributed by atoms with van der Waals surface area (Å²) < 4.78 is 10.7. The maximum absolute atomic E-state index is 13.6. The number of fused-ring (bicyclic) bond motifs is 7. The fraction of sp³-hybridized carbons (Fsp3) is 0.562. The average molecular weight is 621 g/mol. The van der Waals surface area contributed by atoms with E-state index in [0.29, 0.717) is 63.1 Å². The highest BCUT2D eigenvalue weighted by Crippen LogP contribution is 2.95. The molecule has 3 aromatic rings. The van der Waals surface area contributed by atoms with E-state index in [1.165, 1.54) is 25.7 Å². The summed E-state index contributed by atoms with van der Waals surface area (Å²) in [6, 6.07) is 8.66. The predicted molar refractivity (Wildman–Crippen MR) is 174 cm³/mol. The van der Waals surface area contributed by atoms with E-state index in [1.807, 2.05) is 6.20 Å². The van der Waals surface area contributed by atoms with Crippen LogP contribution in [0.5, 0.6) is 11.6 Å². The van der Waals surface area contributed by atoms with Crippen molar-refractivity contribution in [2.75, 3.05) is 29.9 Å². The molecule has 0 aromatic carbocycles. The van der Waals surface area contributed by atoms with Gasteiger partial charge in [-0.1, -0.05) is 5.21 Å². The summed E-state index contributed by atoms with van der Waals surface area (Å²) in [5, 5.41) is 17.9. The minimum atomic E-state index is -0.875. The maximum Gasteiger partial charge on any atom is 0.265 e. The molecule has 4 fully saturated rings. The van der Waals surface area contributed by atoms with Gasteiger partial charge in [0.15, 0.2) is 17.4 Å². The Morgan fingerprint density at radius 2 is 1.89 bits per heavy atom. The number of pyridine rings is 2. The number of ether oxygens (including phenoxy) is 1. The van der Waals surface area contributed by atoms with Crippen LogP contribution in [0.1, 0.15) is 69.2 Å². The number of hydrogen-bond acceptors (Lipinski definition) is 9. The fourth-order valence-corrected chi connectivity index (χ4v) is 9.26. The lowest BCUT2D eigenvalue weighted by Crippen LogP contribution is -2.40. The lowest BCUT2D eigenvalue weighted by atomic mass is 9.51. The summed E-state index contributed by atoms with van der Waals surface area (Å²) in [5.41, 5.74) is 1.02. The highest BCUT2D eigenvalue weighted by atomic mass is 32.2. The van der Waals surface area contributed by atoms with Gasteiger partial charge in [-0.05, 0) is 106 Å². The third kappa shape index (κ3) is 4.87. The molecule has 45 heavy (non-hydrogen) atoms. The predicted octanol–water partition coefficient (Wildman–Crippen LogP) is 4.64. The third-order valence-corrected chi connectivity index (χ3v) is 11.6. The number of rotatable bonds is 5. The molecule has 3 aliphatic carbocycles. The first-order valence-electron chi connectivity index (χ1n) is 16.0. The van der Waals surface area contributed by atoms with Crippen LogP contribution in [0.15, 0.2) is 41.6 Å². The second-order valence-corrected chi connectivity index (χ2v) is 15.2. The standard InChI is InChI=1S/C32H37B2N7O3S/c1-29(2)16-19-4-3-14-35-25-21(42)6-8-24(37-25)45-39-27(43)20-5-7-22(36-26(20)40(29)17-19)41-15-9-23(38-41)44-18-32(33,34)28-30(10-11-30)31(28)12-13-31/h5-9,15,19,28,42H,3-4,10-14,16-18H2,1-2H3,(H,35,37)(H,39,43). The summed E-state index contributed by atoms with van der Waals surface area (Å²) in [7, 11) is 13.3. The Balaban J connectivity index is 1.05. The fourth-order valence-electron chi connectivity index (χ4n) is 8.68. The van der Waals surface area contributed by atoms with Crippen LogP contribution in [0.3, 0.4) is 0 Å². The Labute approximate surface area is 270 Å². The zero-order valence-electron chi connectivity index (χ0n) is 25.8. The smallest absolute Gasteiger partial charge is 0.265 e. The van der Waals surface area contributed by atoms with Gasteiger partial charge in [0.05, 0.1) is 27.9 Å². The Morgan fingerprint density at radius 1 is 1.11 bits per heavy atom. The largest absolute Gasteiger partial charge is 0.504 e. The quantitative estimate of drug-likeness (QED) is 0.277. The Morgan fingerprint density at radius 3 is 2.64 bits per heavy atom. The van der Waals surface area contributed by atoms with Crippen molar-refractivity contribution >= 4 is 45.2 Å². The SMILES string of the molecule is [B]C([B])(COc1ccn(-c2ccc3c(n2)N2CC(CCCNc4nc(ccc4O)SNC3=O)CC2(C)C)n1)C1C2(CC2)C12CC2. The molecular formula is C32H37B2N7O3S. The van der Waals surface area contributed by atoms with E-state index < -0.39 is 5.21 Å². The van der Waals surface area contributed by atoms with E-state index in [9.17, 15) is 9.90 Å². The van der Waals surface area contributed by atoms with Crippen LogP contribution < -0.4 is 19.7 Å². The maximum atomic E-state index is 13.6. The number of nitrogens with one attached hydrogen (secondary N) is 2. The topological polar surface area (TPSA) is 117 Å². The molecular weight excluding hydrogens is 584 g/mol. The molecule has 4 bridgehead atoms. The van der Waals surface area contributed by atoms with Crippen LogP contribution in [0.2, 0.25) is 5.21 Å². The second kappa shape index (κ2) is 10.1. The van der Waals surface area contributed by atoms with E-state index in [-0.39, 0.29) is 23.8 Å². The average Bonchev–Trinajstić information content (AvgIpc) is 3.96. The summed E-state index contributed by atoms with van der Waals surface area (Å²) in [4.78, 5) is 25.4. The van der Waals surface area contributed by atoms with Gasteiger partial charge in [0.2, 0.25) is 5.88 Å². The van der Waals surface area contributed by atoms with Gasteiger partial charge < -0.3 is 20.1 Å². The Bertz CT molecular complexity index is 1650. The van der Waals surface area contributed by atoms with E-state index in [4.69, 9.17) is 25.4 Å². The molecule has 3 N–H and O–H groups in total. The molecule has 3 saturated carbocycles. The van der Waals surface area contributed by atoms with Crippen molar-refractivity contribution in [3.63, 3.8) is 0 Å². The lowest BCUT2D eigenvalue weighted by molar-refractivity contribution is 0.0984. The summed E-state index contributed by atoms with van der Waals surface area (Å²) in [5.74, 6) is 2.61. The summed E-state index contributed by atoms with van der Waals surface area (Å²) >= 11 is 1.10. The number of nitrogens with zero attached hydrogens (tertiary/aromatic N) is 5. The molecule has 5 aliphatic rings. The highest BCUT2D eigenvalue weighted by Gasteiger charge is 2.88. The van der Waals surface area contributed by atoms with Crippen molar-refractivity contribution in [2.24, 2.45) is 22.7 Å². The Hall–Kier alpha value is -3.34. The van der Waals surface area contributed by atoms with Crippen LogP contribution in [0.4, 0.5) is 11.6 Å². The van der Waals surface area contributed by atoms with Gasteiger partial charge in [-0.2, -0.15) is 0 Å². The molecule has 5 heterocycles. The van der Waals surface area contributed by atoms with Crippen LogP contribution in [-0.4, -0.2) is 71.7 Å². The van der Waals surface area contributed by atoms with Crippen LogP contribution >= 0.6 is 11.9 Å². The number of hydrogen-bond donors (Lipinski definition) is 3. The minimum absolute atomic E-state index is 0.0870. The van der Waals surface area contributed by atoms with E-state index in [2.05, 4.69) is 38.9 Å². The minimum Gasteiger partial charge on any atom is -0.504 e. The van der Waals surface area contributed by atoms with E-state index >= 15 is 0 Å². The molecule has 4 radical (unpaired) electrons. The molecule has 230 valence electrons. The van der Waals surface area contributed by atoms with Crippen LogP contribution in [0.25, 0.3) is 5.82 Å². The van der Waals surface area contributed by atoms with Crippen molar-refractivity contribution in [3.8, 4) is 17.4 Å². The molecule has 1 amide bonds. The van der Waals surface area contributed by atoms with Crippen molar-refractivity contribution in [1.29, 1.82) is 0 Å². The lowest BCUT2D eigenvalue weighted by Gasteiger charge is -2.34. The van der Waals surface area contributed by atoms with Gasteiger partial charge in [0.25, 0.3) is 5.91 Å². The van der Waals surface area contributed by atoms with Crippen LogP contribution in [-0.2, 0) is 0 Å². The van der Waals surface area contributed by atoms with Gasteiger partial charge in [0.1, 0.15) is 10.8 Å². The third-order valence-electron chi connectivity index (χ3n) is 10.9. The summed E-state index contributed by atoms with van der Waals surface area (Å²) in [6.45, 7) is 6.09. The first-order chi connectivity index (χ1) is 21.5. The first-order valence-corrected chi connectivity index (χ1v) is 16.8. The molecule has 1 unspecified atom stereocenters. The van der Waals surface area contributed by atoms with Gasteiger partial charge in [-0.25, -0.2) is 14.6 Å². The highest BCUT2D eigenvalue weighted by molar-refractivity contribution is 7.97. The van der Waals surface area contributed by atoms with Gasteiger partial charge in [-0.3, -0.25) is 9.52 Å².